The number of hydrogen-bond donors (Lipinski definition) is 3. The van der Waals surface area contributed by atoms with Gasteiger partial charge in [-0.3, -0.25) is 0 Å². The first-order chi connectivity index (χ1) is 6.67. The van der Waals surface area contributed by atoms with Crippen LogP contribution in [-0.2, 0) is 9.53 Å². The van der Waals surface area contributed by atoms with E-state index < -0.39 is 24.6 Å². The van der Waals surface area contributed by atoms with E-state index in [1.54, 1.807) is 0 Å². The molecule has 3 N–H and O–H groups in total. The maximum Gasteiger partial charge on any atom is 0.330 e. The molecule has 0 aromatic rings. The highest BCUT2D eigenvalue weighted by Gasteiger charge is 2.26. The highest BCUT2D eigenvalue weighted by Crippen LogP contribution is 2.18. The summed E-state index contributed by atoms with van der Waals surface area (Å²) in [6, 6.07) is -1.22. The van der Waals surface area contributed by atoms with Crippen LogP contribution in [0.25, 0.3) is 0 Å². The van der Waals surface area contributed by atoms with E-state index >= 15 is 0 Å². The van der Waals surface area contributed by atoms with Gasteiger partial charge in [0, 0.05) is 6.04 Å². The molecule has 1 atom stereocenters. The smallest absolute Gasteiger partial charge is 0.330 e. The Labute approximate surface area is 81.6 Å². The highest BCUT2D eigenvalue weighted by atomic mass is 16.5. The topological polar surface area (TPSA) is 87.7 Å². The van der Waals surface area contributed by atoms with E-state index in [0.29, 0.717) is 0 Å². The molecule has 1 unspecified atom stereocenters. The van der Waals surface area contributed by atoms with Gasteiger partial charge in [0.25, 0.3) is 0 Å². The fraction of sp³-hybridized carbons (Fsp3) is 0.750. The molecule has 1 aliphatic carbocycles. The third-order valence-corrected chi connectivity index (χ3v) is 1.89. The van der Waals surface area contributed by atoms with E-state index in [0.717, 1.165) is 12.8 Å². The molecule has 2 amide bonds. The average Bonchev–Trinajstić information content (AvgIpc) is 2.96. The molecule has 1 rings (SSSR count). The number of nitrogens with one attached hydrogen (secondary N) is 2. The summed E-state index contributed by atoms with van der Waals surface area (Å²) in [5.74, 6) is -0.654. The number of carbonyl (C=O) groups excluding carboxylic acids is 2. The third kappa shape index (κ3) is 3.21. The van der Waals surface area contributed by atoms with Crippen LogP contribution in [0.3, 0.4) is 0 Å². The minimum Gasteiger partial charge on any atom is -0.467 e. The zero-order valence-corrected chi connectivity index (χ0v) is 7.95. The van der Waals surface area contributed by atoms with Crippen LogP contribution < -0.4 is 10.6 Å². The monoisotopic (exact) mass is 202 g/mol. The molecule has 0 aromatic carbocycles. The standard InChI is InChI=1S/C8H14N2O4/c1-14-7(12)6(4-11)10-8(13)9-5-2-3-5/h5-6,11H,2-4H2,1H3,(H2,9,10,13). The van der Waals surface area contributed by atoms with E-state index in [-0.39, 0.29) is 6.04 Å². The molecule has 14 heavy (non-hydrogen) atoms. The number of hydrogen-bond acceptors (Lipinski definition) is 4. The fourth-order valence-corrected chi connectivity index (χ4v) is 0.934. The molecule has 0 bridgehead atoms. The van der Waals surface area contributed by atoms with Gasteiger partial charge >= 0.3 is 12.0 Å². The Kier molecular flexibility index (Phi) is 3.70. The van der Waals surface area contributed by atoms with Crippen LogP contribution >= 0.6 is 0 Å². The zero-order chi connectivity index (χ0) is 10.6. The minimum atomic E-state index is -0.987. The van der Waals surface area contributed by atoms with Crippen LogP contribution in [-0.4, -0.2) is 42.9 Å². The maximum absolute atomic E-state index is 11.1. The Bertz CT molecular complexity index is 227. The van der Waals surface area contributed by atoms with Gasteiger partial charge in [-0.15, -0.1) is 0 Å². The van der Waals surface area contributed by atoms with Crippen molar-refractivity contribution in [1.82, 2.24) is 10.6 Å². The lowest BCUT2D eigenvalue weighted by molar-refractivity contribution is -0.143. The summed E-state index contributed by atoms with van der Waals surface area (Å²) >= 11 is 0. The van der Waals surface area contributed by atoms with E-state index in [9.17, 15) is 9.59 Å². The second kappa shape index (κ2) is 4.80. The van der Waals surface area contributed by atoms with Crippen LogP contribution in [0.2, 0.25) is 0 Å². The van der Waals surface area contributed by atoms with Gasteiger partial charge in [0.1, 0.15) is 0 Å². The van der Waals surface area contributed by atoms with Gasteiger partial charge in [-0.05, 0) is 12.8 Å². The molecule has 0 heterocycles. The van der Waals surface area contributed by atoms with Crippen molar-refractivity contribution in [1.29, 1.82) is 0 Å². The zero-order valence-electron chi connectivity index (χ0n) is 7.95. The van der Waals surface area contributed by atoms with Gasteiger partial charge in [0.2, 0.25) is 0 Å². The molecule has 0 spiro atoms. The molecule has 1 saturated carbocycles. The third-order valence-electron chi connectivity index (χ3n) is 1.89. The number of esters is 1. The van der Waals surface area contributed by atoms with Gasteiger partial charge < -0.3 is 20.5 Å². The van der Waals surface area contributed by atoms with E-state index in [4.69, 9.17) is 5.11 Å². The van der Waals surface area contributed by atoms with Crippen molar-refractivity contribution in [3.8, 4) is 0 Å². The van der Waals surface area contributed by atoms with Crippen molar-refractivity contribution in [2.45, 2.75) is 24.9 Å². The first-order valence-corrected chi connectivity index (χ1v) is 4.43. The molecule has 80 valence electrons. The molecule has 0 aromatic heterocycles. The lowest BCUT2D eigenvalue weighted by Crippen LogP contribution is -2.48. The quantitative estimate of drug-likeness (QED) is 0.509. The molecule has 1 aliphatic rings. The normalized spacial score (nSPS) is 17.0. The molecule has 1 fully saturated rings. The number of methoxy groups -OCH3 is 1. The second-order valence-corrected chi connectivity index (χ2v) is 3.15. The summed E-state index contributed by atoms with van der Waals surface area (Å²) in [6.45, 7) is -0.468. The summed E-state index contributed by atoms with van der Waals surface area (Å²) in [7, 11) is 1.20. The first kappa shape index (κ1) is 10.8. The number of ether oxygens (including phenoxy) is 1. The molecule has 0 saturated heterocycles. The number of amides is 2. The summed E-state index contributed by atoms with van der Waals surface area (Å²) in [5, 5.41) is 13.7. The Morgan fingerprint density at radius 3 is 2.64 bits per heavy atom. The summed E-state index contributed by atoms with van der Waals surface area (Å²) in [6.07, 6.45) is 1.94. The Hall–Kier alpha value is -1.30. The molecule has 6 nitrogen and oxygen atoms in total. The Morgan fingerprint density at radius 2 is 2.21 bits per heavy atom. The van der Waals surface area contributed by atoms with Crippen LogP contribution in [0.1, 0.15) is 12.8 Å². The number of aliphatic hydroxyl groups is 1. The van der Waals surface area contributed by atoms with Crippen LogP contribution in [0.4, 0.5) is 4.79 Å². The minimum absolute atomic E-state index is 0.215. The van der Waals surface area contributed by atoms with E-state index in [1.165, 1.54) is 7.11 Å². The van der Waals surface area contributed by atoms with Gasteiger partial charge in [-0.2, -0.15) is 0 Å². The second-order valence-electron chi connectivity index (χ2n) is 3.15. The van der Waals surface area contributed by atoms with E-state index in [1.807, 2.05) is 0 Å². The summed E-state index contributed by atoms with van der Waals surface area (Å²) < 4.78 is 4.38. The predicted octanol–water partition coefficient (Wildman–Crippen LogP) is -1.02. The van der Waals surface area contributed by atoms with Crippen molar-refractivity contribution >= 4 is 12.0 Å². The number of aliphatic hydroxyl groups excluding tert-OH is 1. The van der Waals surface area contributed by atoms with Crippen molar-refractivity contribution < 1.29 is 19.4 Å². The SMILES string of the molecule is COC(=O)C(CO)NC(=O)NC1CC1. The maximum atomic E-state index is 11.1. The number of urea groups is 1. The first-order valence-electron chi connectivity index (χ1n) is 4.43. The molecule has 0 radical (unpaired) electrons. The molecular formula is C8H14N2O4. The van der Waals surface area contributed by atoms with Crippen molar-refractivity contribution in [2.24, 2.45) is 0 Å². The predicted molar refractivity (Wildman–Crippen MR) is 47.6 cm³/mol. The van der Waals surface area contributed by atoms with Crippen molar-refractivity contribution in [3.63, 3.8) is 0 Å². The average molecular weight is 202 g/mol. The molecule has 6 heteroatoms. The van der Waals surface area contributed by atoms with Crippen molar-refractivity contribution in [3.05, 3.63) is 0 Å². The highest BCUT2D eigenvalue weighted by molar-refractivity contribution is 5.83. The lowest BCUT2D eigenvalue weighted by atomic mass is 10.3. The lowest BCUT2D eigenvalue weighted by Gasteiger charge is -2.13. The number of carbonyl (C=O) groups is 2. The fourth-order valence-electron chi connectivity index (χ4n) is 0.934. The Balaban J connectivity index is 2.30. The molecular weight excluding hydrogens is 188 g/mol. The van der Waals surface area contributed by atoms with Gasteiger partial charge in [0.05, 0.1) is 13.7 Å². The van der Waals surface area contributed by atoms with Crippen LogP contribution in [0, 0.1) is 0 Å². The van der Waals surface area contributed by atoms with Gasteiger partial charge in [-0.25, -0.2) is 9.59 Å². The van der Waals surface area contributed by atoms with Gasteiger partial charge in [-0.1, -0.05) is 0 Å². The summed E-state index contributed by atoms with van der Waals surface area (Å²) in [5.41, 5.74) is 0. The van der Waals surface area contributed by atoms with Crippen LogP contribution in [0.15, 0.2) is 0 Å². The largest absolute Gasteiger partial charge is 0.467 e. The summed E-state index contributed by atoms with van der Waals surface area (Å²) in [4.78, 5) is 22.1. The van der Waals surface area contributed by atoms with Gasteiger partial charge in [0.15, 0.2) is 6.04 Å². The van der Waals surface area contributed by atoms with Crippen LogP contribution in [0.5, 0.6) is 0 Å². The molecule has 0 aliphatic heterocycles. The van der Waals surface area contributed by atoms with Crippen molar-refractivity contribution in [2.75, 3.05) is 13.7 Å². The van der Waals surface area contributed by atoms with E-state index in [2.05, 4.69) is 15.4 Å². The number of rotatable bonds is 4. The Morgan fingerprint density at radius 1 is 1.57 bits per heavy atom.